The molecule has 0 N–H and O–H groups in total. The Morgan fingerprint density at radius 1 is 0.391 bits per heavy atom. The number of hydrogen-bond acceptors (Lipinski definition) is 8. The summed E-state index contributed by atoms with van der Waals surface area (Å²) >= 11 is 3.70. The maximum atomic E-state index is 6.00. The zero-order chi connectivity index (χ0) is 43.3. The minimum absolute atomic E-state index is 0.380. The van der Waals surface area contributed by atoms with Crippen LogP contribution >= 0.6 is 22.7 Å². The van der Waals surface area contributed by atoms with Gasteiger partial charge in [-0.1, -0.05) is 108 Å². The van der Waals surface area contributed by atoms with Gasteiger partial charge in [-0.25, -0.2) is 0 Å². The number of anilines is 6. The van der Waals surface area contributed by atoms with Gasteiger partial charge in [0.1, 0.15) is 10.0 Å². The number of thiophene rings is 2. The lowest BCUT2D eigenvalue weighted by Crippen LogP contribution is -2.09. The molecule has 2 fully saturated rings. The average Bonchev–Trinajstić information content (AvgIpc) is 4.15. The van der Waals surface area contributed by atoms with Gasteiger partial charge in [0.05, 0.1) is 26.4 Å². The highest BCUT2D eigenvalue weighted by Gasteiger charge is 2.28. The second-order valence-electron chi connectivity index (χ2n) is 16.8. The predicted molar refractivity (Wildman–Crippen MR) is 266 cm³/mol. The Balaban J connectivity index is 1.20. The van der Waals surface area contributed by atoms with E-state index in [1.807, 2.05) is 22.7 Å². The number of rotatable bonds is 10. The standard InChI is InChI=1S/C56H48N2O4S2/c1-35-11-5-15-39(27-35)51-47-33-49(57(43-19-7-13-37(3)29-43)45-21-9-17-41(31-45)55-59-23-24-60-55)64-54(47)52(40-16-6-12-36(2)28-40)48-34-50(63-53(48)51)58(44-20-8-14-38(4)30-44)46-22-10-18-42(32-46)56-61-25-26-62-56/h5-22,27-34,55-56H,23-26H2,1-4H3. The Hall–Kier alpha value is -6.10. The minimum atomic E-state index is -0.380. The number of hydrogen-bond donors (Lipinski definition) is 0. The van der Waals surface area contributed by atoms with Crippen molar-refractivity contribution in [1.29, 1.82) is 0 Å². The summed E-state index contributed by atoms with van der Waals surface area (Å²) in [5.74, 6) is 0. The van der Waals surface area contributed by atoms with E-state index in [1.54, 1.807) is 0 Å². The molecular formula is C56H48N2O4S2. The van der Waals surface area contributed by atoms with Gasteiger partial charge in [-0.2, -0.15) is 0 Å². The molecule has 0 radical (unpaired) electrons. The van der Waals surface area contributed by atoms with Crippen LogP contribution in [-0.4, -0.2) is 26.4 Å². The fourth-order valence-electron chi connectivity index (χ4n) is 9.20. The Kier molecular flexibility index (Phi) is 10.9. The van der Waals surface area contributed by atoms with Crippen molar-refractivity contribution in [1.82, 2.24) is 0 Å². The molecule has 2 saturated heterocycles. The molecule has 6 nitrogen and oxygen atoms in total. The molecule has 11 rings (SSSR count). The van der Waals surface area contributed by atoms with Crippen LogP contribution in [0.4, 0.5) is 32.8 Å². The first-order valence-corrected chi connectivity index (χ1v) is 23.5. The van der Waals surface area contributed by atoms with Crippen LogP contribution in [0.25, 0.3) is 42.4 Å². The molecule has 7 aromatic carbocycles. The van der Waals surface area contributed by atoms with Crippen LogP contribution in [0.5, 0.6) is 0 Å². The van der Waals surface area contributed by atoms with E-state index in [-0.39, 0.29) is 12.6 Å². The maximum absolute atomic E-state index is 6.00. The van der Waals surface area contributed by atoms with Gasteiger partial charge >= 0.3 is 0 Å². The third-order valence-electron chi connectivity index (χ3n) is 12.0. The lowest BCUT2D eigenvalue weighted by molar-refractivity contribution is -0.0442. The van der Waals surface area contributed by atoms with Crippen LogP contribution in [0.3, 0.4) is 0 Å². The van der Waals surface area contributed by atoms with Crippen molar-refractivity contribution in [3.63, 3.8) is 0 Å². The summed E-state index contributed by atoms with van der Waals surface area (Å²) in [7, 11) is 0. The molecule has 9 aromatic rings. The molecule has 8 heteroatoms. The quantitative estimate of drug-likeness (QED) is 0.136. The van der Waals surface area contributed by atoms with E-state index < -0.39 is 0 Å². The molecule has 0 saturated carbocycles. The third-order valence-corrected chi connectivity index (χ3v) is 14.3. The Labute approximate surface area is 382 Å². The van der Waals surface area contributed by atoms with Gasteiger partial charge in [0.25, 0.3) is 0 Å². The number of aryl methyl sites for hydroxylation is 4. The van der Waals surface area contributed by atoms with Crippen LogP contribution in [0.1, 0.15) is 46.0 Å². The lowest BCUT2D eigenvalue weighted by Gasteiger charge is -2.25. The van der Waals surface area contributed by atoms with Gasteiger partial charge in [0.2, 0.25) is 0 Å². The van der Waals surface area contributed by atoms with Gasteiger partial charge in [0.15, 0.2) is 12.6 Å². The maximum Gasteiger partial charge on any atom is 0.184 e. The van der Waals surface area contributed by atoms with Crippen LogP contribution in [0.2, 0.25) is 0 Å². The molecule has 2 aliphatic rings. The highest BCUT2D eigenvalue weighted by molar-refractivity contribution is 7.25. The molecule has 2 aliphatic heterocycles. The molecule has 4 heterocycles. The Morgan fingerprint density at radius 2 is 0.734 bits per heavy atom. The predicted octanol–water partition coefficient (Wildman–Crippen LogP) is 15.7. The molecule has 64 heavy (non-hydrogen) atoms. The number of nitrogens with zero attached hydrogens (tertiary/aromatic N) is 2. The van der Waals surface area contributed by atoms with Gasteiger partial charge in [-0.05, 0) is 111 Å². The van der Waals surface area contributed by atoms with E-state index in [2.05, 4.69) is 195 Å². The van der Waals surface area contributed by atoms with Gasteiger partial charge in [-0.15, -0.1) is 22.7 Å². The monoisotopic (exact) mass is 876 g/mol. The van der Waals surface area contributed by atoms with Crippen molar-refractivity contribution in [2.75, 3.05) is 36.2 Å². The highest BCUT2D eigenvalue weighted by Crippen LogP contribution is 2.55. The van der Waals surface area contributed by atoms with Crippen molar-refractivity contribution in [2.24, 2.45) is 0 Å². The van der Waals surface area contributed by atoms with Crippen LogP contribution in [0.15, 0.2) is 158 Å². The van der Waals surface area contributed by atoms with E-state index in [1.165, 1.54) is 64.7 Å². The third kappa shape index (κ3) is 7.70. The van der Waals surface area contributed by atoms with E-state index in [0.717, 1.165) is 43.9 Å². The number of fused-ring (bicyclic) bond motifs is 2. The topological polar surface area (TPSA) is 43.4 Å². The zero-order valence-corrected chi connectivity index (χ0v) is 38.0. The SMILES string of the molecule is Cc1cccc(-c2c3cc(N(c4cccc(C)c4)c4cccc(C5OCCO5)c4)sc3c(-c3cccc(C)c3)c3cc(N(c4cccc(C)c4)c4cccc(C5OCCO5)c4)sc23)c1. The van der Waals surface area contributed by atoms with Gasteiger partial charge in [-0.3, -0.25) is 0 Å². The first kappa shape index (κ1) is 40.7. The van der Waals surface area contributed by atoms with Crippen molar-refractivity contribution in [2.45, 2.75) is 40.3 Å². The Morgan fingerprint density at radius 3 is 1.11 bits per heavy atom. The second kappa shape index (κ2) is 17.1. The molecular weight excluding hydrogens is 829 g/mol. The van der Waals surface area contributed by atoms with Crippen molar-refractivity contribution >= 4 is 75.6 Å². The second-order valence-corrected chi connectivity index (χ2v) is 18.9. The minimum Gasteiger partial charge on any atom is -0.346 e. The summed E-state index contributed by atoms with van der Waals surface area (Å²) in [6, 6.07) is 57.7. The van der Waals surface area contributed by atoms with Crippen LogP contribution < -0.4 is 9.80 Å². The summed E-state index contributed by atoms with van der Waals surface area (Å²) in [6.07, 6.45) is -0.760. The fourth-order valence-corrected chi connectivity index (χ4v) is 11.8. The zero-order valence-electron chi connectivity index (χ0n) is 36.3. The largest absolute Gasteiger partial charge is 0.346 e. The first-order valence-electron chi connectivity index (χ1n) is 21.9. The van der Waals surface area contributed by atoms with Crippen LogP contribution in [0, 0.1) is 27.7 Å². The van der Waals surface area contributed by atoms with Crippen molar-refractivity contribution in [3.05, 3.63) is 191 Å². The molecule has 318 valence electrons. The summed E-state index contributed by atoms with van der Waals surface area (Å²) in [5.41, 5.74) is 16.0. The van der Waals surface area contributed by atoms with E-state index in [4.69, 9.17) is 18.9 Å². The van der Waals surface area contributed by atoms with Gasteiger partial charge in [0, 0.05) is 65.2 Å². The molecule has 0 amide bonds. The lowest BCUT2D eigenvalue weighted by atomic mass is 9.92. The normalized spacial score (nSPS) is 14.6. The van der Waals surface area contributed by atoms with Crippen molar-refractivity contribution in [3.8, 4) is 22.3 Å². The summed E-state index contributed by atoms with van der Waals surface area (Å²) in [6.45, 7) is 11.1. The molecule has 2 aromatic heterocycles. The van der Waals surface area contributed by atoms with Crippen LogP contribution in [-0.2, 0) is 18.9 Å². The average molecular weight is 877 g/mol. The summed E-state index contributed by atoms with van der Waals surface area (Å²) < 4.78 is 26.5. The van der Waals surface area contributed by atoms with E-state index in [0.29, 0.717) is 26.4 Å². The molecule has 0 atom stereocenters. The van der Waals surface area contributed by atoms with E-state index >= 15 is 0 Å². The number of ether oxygens (including phenoxy) is 4. The first-order chi connectivity index (χ1) is 31.3. The van der Waals surface area contributed by atoms with Gasteiger partial charge < -0.3 is 28.7 Å². The van der Waals surface area contributed by atoms with Crippen molar-refractivity contribution < 1.29 is 18.9 Å². The molecule has 0 aliphatic carbocycles. The molecule has 0 spiro atoms. The number of benzene rings is 7. The smallest absolute Gasteiger partial charge is 0.184 e. The highest BCUT2D eigenvalue weighted by atomic mass is 32.1. The summed E-state index contributed by atoms with van der Waals surface area (Å²) in [5, 5.41) is 4.69. The molecule has 0 unspecified atom stereocenters. The Bertz CT molecular complexity index is 2910. The summed E-state index contributed by atoms with van der Waals surface area (Å²) in [4.78, 5) is 4.81. The molecule has 0 bridgehead atoms. The van der Waals surface area contributed by atoms with E-state index in [9.17, 15) is 0 Å². The fraction of sp³-hybridized carbons (Fsp3) is 0.179.